The van der Waals surface area contributed by atoms with Crippen LogP contribution in [0.25, 0.3) is 0 Å². The highest BCUT2D eigenvalue weighted by molar-refractivity contribution is 5.24. The average Bonchev–Trinajstić information content (AvgIpc) is 2.53. The summed E-state index contributed by atoms with van der Waals surface area (Å²) >= 11 is 0. The first-order valence-electron chi connectivity index (χ1n) is 5.91. The summed E-state index contributed by atoms with van der Waals surface area (Å²) in [5, 5.41) is 43.2. The van der Waals surface area contributed by atoms with Crippen molar-refractivity contribution in [2.45, 2.75) is 34.7 Å². The maximum atomic E-state index is 10.8. The minimum absolute atomic E-state index is 0. The molecule has 0 aliphatic carbocycles. The molecule has 2 heterocycles. The van der Waals surface area contributed by atoms with E-state index in [1.807, 2.05) is 0 Å². The maximum absolute atomic E-state index is 10.8. The second-order valence-corrected chi connectivity index (χ2v) is 3.92. The summed E-state index contributed by atoms with van der Waals surface area (Å²) in [6.45, 7) is -1.35. The lowest BCUT2D eigenvalue weighted by Gasteiger charge is -2.00. The van der Waals surface area contributed by atoms with Crippen LogP contribution in [0.4, 0.5) is 0 Å². The van der Waals surface area contributed by atoms with Crippen molar-refractivity contribution in [3.05, 3.63) is 56.1 Å². The van der Waals surface area contributed by atoms with E-state index in [1.54, 1.807) is 0 Å². The normalized spacial score (nSPS) is 9.12. The smallest absolute Gasteiger partial charge is 0.227 e. The highest BCUT2D eigenvalue weighted by Crippen LogP contribution is 2.12. The highest BCUT2D eigenvalue weighted by atomic mass is 16.4. The third-order valence-corrected chi connectivity index (χ3v) is 2.37. The lowest BCUT2D eigenvalue weighted by atomic mass is 10.3. The van der Waals surface area contributed by atoms with Gasteiger partial charge in [-0.2, -0.15) is 0 Å². The molecule has 2 rings (SSSR count). The molecule has 0 saturated carbocycles. The quantitative estimate of drug-likeness (QED) is 0.531. The van der Waals surface area contributed by atoms with E-state index in [9.17, 15) is 9.59 Å². The van der Waals surface area contributed by atoms with Gasteiger partial charge < -0.3 is 34.4 Å². The molecular weight excluding hydrogens is 324 g/mol. The molecule has 0 fully saturated rings. The minimum Gasteiger partial charge on any atom is -0.502 e. The molecule has 0 radical (unpaired) electrons. The lowest BCUT2D eigenvalue weighted by Crippen LogP contribution is -2.04. The van der Waals surface area contributed by atoms with Crippen LogP contribution >= 0.6 is 0 Å². The Morgan fingerprint density at radius 3 is 1.83 bits per heavy atom. The summed E-state index contributed by atoms with van der Waals surface area (Å²) in [6, 6.07) is 2.00. The zero-order chi connectivity index (χ0) is 16.7. The summed E-state index contributed by atoms with van der Waals surface area (Å²) in [5.41, 5.74) is -1.22. The third kappa shape index (κ3) is 6.24. The molecule has 0 aromatic carbocycles. The van der Waals surface area contributed by atoms with Crippen molar-refractivity contribution < 1.29 is 34.4 Å². The van der Waals surface area contributed by atoms with Gasteiger partial charge >= 0.3 is 0 Å². The second kappa shape index (κ2) is 11.0. The molecule has 0 aliphatic rings. The Morgan fingerprint density at radius 2 is 1.38 bits per heavy atom. The van der Waals surface area contributed by atoms with Crippen molar-refractivity contribution in [2.75, 3.05) is 0 Å². The second-order valence-electron chi connectivity index (χ2n) is 3.92. The average molecular weight is 346 g/mol. The van der Waals surface area contributed by atoms with Crippen LogP contribution in [0.3, 0.4) is 0 Å². The van der Waals surface area contributed by atoms with Crippen molar-refractivity contribution in [2.24, 2.45) is 0 Å². The van der Waals surface area contributed by atoms with Gasteiger partial charge in [0, 0.05) is 12.1 Å². The monoisotopic (exact) mass is 346 g/mol. The van der Waals surface area contributed by atoms with E-state index in [-0.39, 0.29) is 38.7 Å². The zero-order valence-corrected chi connectivity index (χ0v) is 11.2. The Bertz CT molecular complexity index is 730. The van der Waals surface area contributed by atoms with E-state index in [0.717, 1.165) is 18.4 Å². The molecule has 0 bridgehead atoms. The largest absolute Gasteiger partial charge is 0.502 e. The number of aromatic hydroxyl groups is 2. The fourth-order valence-electron chi connectivity index (χ4n) is 1.30. The van der Waals surface area contributed by atoms with Gasteiger partial charge in [0.1, 0.15) is 37.6 Å². The molecule has 0 spiro atoms. The predicted molar refractivity (Wildman–Crippen MR) is 84.5 cm³/mol. The maximum Gasteiger partial charge on any atom is 0.227 e. The van der Waals surface area contributed by atoms with E-state index in [0.29, 0.717) is 0 Å². The standard InChI is InChI=1S/C7H8O5.C6H6O4.2CH4/c8-2-4-1-5(10)7(11)6(3-9)12-4;7-2-4-1-5(8)6(9)3-10-4;;/h1,8-9,11H,2-3H2;1,3,7,9H,2H2;2*1H4. The first-order chi connectivity index (χ1) is 10.4. The van der Waals surface area contributed by atoms with Gasteiger partial charge in [-0.15, -0.1) is 0 Å². The number of hydrogen-bond acceptors (Lipinski definition) is 9. The molecule has 9 nitrogen and oxygen atoms in total. The number of hydrogen-bond donors (Lipinski definition) is 5. The van der Waals surface area contributed by atoms with Gasteiger partial charge in [-0.05, 0) is 0 Å². The Labute approximate surface area is 137 Å². The molecule has 0 saturated heterocycles. The molecule has 2 aromatic rings. The number of aliphatic hydroxyl groups is 3. The van der Waals surface area contributed by atoms with Crippen LogP contribution in [0.5, 0.6) is 11.5 Å². The van der Waals surface area contributed by atoms with Crippen LogP contribution in [-0.4, -0.2) is 25.5 Å². The van der Waals surface area contributed by atoms with Gasteiger partial charge in [-0.1, -0.05) is 14.9 Å². The summed E-state index contributed by atoms with van der Waals surface area (Å²) in [5.74, 6) is -1.14. The molecule has 2 aromatic heterocycles. The van der Waals surface area contributed by atoms with Crippen molar-refractivity contribution in [3.63, 3.8) is 0 Å². The van der Waals surface area contributed by atoms with Crippen molar-refractivity contribution >= 4 is 0 Å². The van der Waals surface area contributed by atoms with Crippen molar-refractivity contribution in [1.82, 2.24) is 0 Å². The van der Waals surface area contributed by atoms with Crippen LogP contribution in [-0.2, 0) is 19.8 Å². The van der Waals surface area contributed by atoms with Gasteiger partial charge in [-0.25, -0.2) is 0 Å². The minimum atomic E-state index is -0.672. The molecule has 0 amide bonds. The van der Waals surface area contributed by atoms with E-state index < -0.39 is 35.6 Å². The zero-order valence-electron chi connectivity index (χ0n) is 11.2. The van der Waals surface area contributed by atoms with Crippen molar-refractivity contribution in [1.29, 1.82) is 0 Å². The number of rotatable bonds is 3. The van der Waals surface area contributed by atoms with Gasteiger partial charge in [0.25, 0.3) is 0 Å². The third-order valence-electron chi connectivity index (χ3n) is 2.37. The topological polar surface area (TPSA) is 162 Å². The van der Waals surface area contributed by atoms with Crippen LogP contribution in [0.15, 0.2) is 36.8 Å². The lowest BCUT2D eigenvalue weighted by molar-refractivity contribution is 0.200. The Morgan fingerprint density at radius 1 is 0.833 bits per heavy atom. The Balaban J connectivity index is 0. The van der Waals surface area contributed by atoms with Gasteiger partial charge in [0.15, 0.2) is 11.5 Å². The van der Waals surface area contributed by atoms with E-state index in [4.69, 9.17) is 29.9 Å². The molecular formula is C15H22O9. The molecule has 9 heteroatoms. The van der Waals surface area contributed by atoms with Crippen LogP contribution < -0.4 is 10.9 Å². The molecule has 0 aliphatic heterocycles. The summed E-state index contributed by atoms with van der Waals surface area (Å²) < 4.78 is 9.33. The number of aliphatic hydroxyl groups excluding tert-OH is 3. The first kappa shape index (κ1) is 23.6. The molecule has 136 valence electrons. The predicted octanol–water partition coefficient (Wildman–Crippen LogP) is 0.440. The summed E-state index contributed by atoms with van der Waals surface area (Å²) in [7, 11) is 0. The van der Waals surface area contributed by atoms with E-state index in [2.05, 4.69) is 4.42 Å². The summed E-state index contributed by atoms with van der Waals surface area (Å²) in [4.78, 5) is 21.4. The Hall–Kier alpha value is -2.62. The van der Waals surface area contributed by atoms with Crippen molar-refractivity contribution in [3.8, 4) is 11.5 Å². The van der Waals surface area contributed by atoms with Crippen LogP contribution in [0.1, 0.15) is 32.1 Å². The molecule has 5 N–H and O–H groups in total. The van der Waals surface area contributed by atoms with Gasteiger partial charge in [0.2, 0.25) is 16.6 Å². The molecule has 24 heavy (non-hydrogen) atoms. The molecule has 0 unspecified atom stereocenters. The van der Waals surface area contributed by atoms with E-state index >= 15 is 0 Å². The van der Waals surface area contributed by atoms with Crippen LogP contribution in [0, 0.1) is 0 Å². The highest BCUT2D eigenvalue weighted by Gasteiger charge is 2.08. The fraction of sp³-hybridized carbons (Fsp3) is 0.333. The summed E-state index contributed by atoms with van der Waals surface area (Å²) in [6.07, 6.45) is 0.897. The first-order valence-corrected chi connectivity index (χ1v) is 5.91. The van der Waals surface area contributed by atoms with Gasteiger partial charge in [-0.3, -0.25) is 9.59 Å². The molecule has 0 atom stereocenters. The SMILES string of the molecule is C.C.O=c1cc(CO)oc(CO)c1O.O=c1cc(CO)occ1O. The van der Waals surface area contributed by atoms with Gasteiger partial charge in [0.05, 0.1) is 0 Å². The van der Waals surface area contributed by atoms with E-state index in [1.165, 1.54) is 0 Å². The van der Waals surface area contributed by atoms with Crippen LogP contribution in [0.2, 0.25) is 0 Å². The Kier molecular flexibility index (Phi) is 10.8. The fourth-order valence-corrected chi connectivity index (χ4v) is 1.30.